The van der Waals surface area contributed by atoms with Crippen molar-refractivity contribution < 1.29 is 14.3 Å². The van der Waals surface area contributed by atoms with Crippen LogP contribution in [0.1, 0.15) is 81.7 Å². The third-order valence-corrected chi connectivity index (χ3v) is 10.0. The van der Waals surface area contributed by atoms with E-state index in [-0.39, 0.29) is 5.91 Å². The summed E-state index contributed by atoms with van der Waals surface area (Å²) in [6, 6.07) is 19.3. The number of likely N-dealkylation sites (tertiary alicyclic amines) is 2. The number of ether oxygens (including phenoxy) is 2. The Balaban J connectivity index is 1.13. The molecule has 4 aromatic rings. The summed E-state index contributed by atoms with van der Waals surface area (Å²) in [5.41, 5.74) is 4.97. The standard InChI is InChI=1S/C38H45N5O3/c1-25(2)34-8-9-35(41-40-34)27-4-6-33(7-5-27)46-37-21-29-20-36(28-10-14-42(15-11-28)32-12-16-45-17-13-32)39-22-30(29)19-31(37)24-43-23-26(3)18-38(43)44/h4-9,19-22,25-26,28,32H,10-18,23-24H2,1-3H3/t26-/m0/s1. The van der Waals surface area contributed by atoms with Crippen molar-refractivity contribution in [3.8, 4) is 22.8 Å². The SMILES string of the molecule is CC(C)c1ccc(-c2ccc(Oc3cc4cc(C5CCN(C6CCOCC6)CC5)ncc4cc3CN3C[C@@H](C)CC3=O)cc2)nn1. The van der Waals surface area contributed by atoms with Crippen LogP contribution in [0, 0.1) is 5.92 Å². The molecule has 8 heteroatoms. The van der Waals surface area contributed by atoms with Crippen LogP contribution >= 0.6 is 0 Å². The van der Waals surface area contributed by atoms with E-state index in [1.807, 2.05) is 47.5 Å². The lowest BCUT2D eigenvalue weighted by molar-refractivity contribution is -0.128. The summed E-state index contributed by atoms with van der Waals surface area (Å²) >= 11 is 0. The highest BCUT2D eigenvalue weighted by Gasteiger charge is 2.29. The van der Waals surface area contributed by atoms with Gasteiger partial charge in [-0.25, -0.2) is 0 Å². The van der Waals surface area contributed by atoms with Crippen LogP contribution in [0.3, 0.4) is 0 Å². The first-order valence-electron chi connectivity index (χ1n) is 17.0. The van der Waals surface area contributed by atoms with Crippen LogP contribution in [0.2, 0.25) is 0 Å². The van der Waals surface area contributed by atoms with Gasteiger partial charge in [-0.2, -0.15) is 10.2 Å². The molecule has 0 aliphatic carbocycles. The molecule has 0 N–H and O–H groups in total. The van der Waals surface area contributed by atoms with Crippen molar-refractivity contribution in [2.45, 2.75) is 77.3 Å². The number of carbonyl (C=O) groups is 1. The van der Waals surface area contributed by atoms with Crippen LogP contribution in [-0.4, -0.2) is 69.8 Å². The Kier molecular flexibility index (Phi) is 9.00. The van der Waals surface area contributed by atoms with Gasteiger partial charge in [-0.3, -0.25) is 9.78 Å². The molecular formula is C38H45N5O3. The van der Waals surface area contributed by atoms with Gasteiger partial charge in [0.25, 0.3) is 0 Å². The quantitative estimate of drug-likeness (QED) is 0.204. The van der Waals surface area contributed by atoms with Gasteiger partial charge in [-0.1, -0.05) is 20.8 Å². The van der Waals surface area contributed by atoms with E-state index in [4.69, 9.17) is 14.5 Å². The summed E-state index contributed by atoms with van der Waals surface area (Å²) in [4.78, 5) is 22.3. The maximum absolute atomic E-state index is 12.7. The number of fused-ring (bicyclic) bond motifs is 1. The number of amides is 1. The van der Waals surface area contributed by atoms with Gasteiger partial charge < -0.3 is 19.3 Å². The summed E-state index contributed by atoms with van der Waals surface area (Å²) < 4.78 is 12.2. The minimum absolute atomic E-state index is 0.202. The largest absolute Gasteiger partial charge is 0.457 e. The van der Waals surface area contributed by atoms with Gasteiger partial charge in [0.15, 0.2) is 0 Å². The van der Waals surface area contributed by atoms with E-state index in [9.17, 15) is 4.79 Å². The first-order valence-corrected chi connectivity index (χ1v) is 17.0. The summed E-state index contributed by atoms with van der Waals surface area (Å²) in [6.07, 6.45) is 7.16. The number of hydrogen-bond donors (Lipinski definition) is 0. The number of carbonyl (C=O) groups excluding carboxylic acids is 1. The van der Waals surface area contributed by atoms with Crippen LogP contribution in [-0.2, 0) is 16.1 Å². The molecule has 2 aromatic heterocycles. The van der Waals surface area contributed by atoms with E-state index < -0.39 is 0 Å². The Labute approximate surface area is 272 Å². The van der Waals surface area contributed by atoms with Crippen LogP contribution in [0.25, 0.3) is 22.0 Å². The second-order valence-corrected chi connectivity index (χ2v) is 13.8. The van der Waals surface area contributed by atoms with Gasteiger partial charge in [0.05, 0.1) is 11.4 Å². The first kappa shape index (κ1) is 30.8. The molecule has 0 saturated carbocycles. The van der Waals surface area contributed by atoms with Crippen molar-refractivity contribution in [1.82, 2.24) is 25.0 Å². The number of piperidine rings is 1. The molecule has 0 bridgehead atoms. The normalized spacial score (nSPS) is 20.2. The van der Waals surface area contributed by atoms with E-state index in [1.165, 1.54) is 0 Å². The molecule has 46 heavy (non-hydrogen) atoms. The number of nitrogens with zero attached hydrogens (tertiary/aromatic N) is 5. The number of pyridine rings is 1. The molecule has 2 aromatic carbocycles. The molecule has 8 nitrogen and oxygen atoms in total. The molecule has 240 valence electrons. The fraction of sp³-hybridized carbons (Fsp3) is 0.474. The average molecular weight is 620 g/mol. The Bertz CT molecular complexity index is 1660. The summed E-state index contributed by atoms with van der Waals surface area (Å²) in [5, 5.41) is 11.0. The minimum atomic E-state index is 0.202. The number of aromatic nitrogens is 3. The lowest BCUT2D eigenvalue weighted by Gasteiger charge is -2.39. The molecule has 5 heterocycles. The van der Waals surface area contributed by atoms with Gasteiger partial charge in [-0.15, -0.1) is 0 Å². The van der Waals surface area contributed by atoms with Crippen molar-refractivity contribution in [2.24, 2.45) is 5.92 Å². The van der Waals surface area contributed by atoms with Gasteiger partial charge in [0.1, 0.15) is 11.5 Å². The third-order valence-electron chi connectivity index (χ3n) is 10.0. The molecule has 3 fully saturated rings. The van der Waals surface area contributed by atoms with E-state index in [0.717, 1.165) is 109 Å². The van der Waals surface area contributed by atoms with Crippen LogP contribution in [0.15, 0.2) is 60.8 Å². The monoisotopic (exact) mass is 619 g/mol. The van der Waals surface area contributed by atoms with Crippen molar-refractivity contribution in [3.05, 3.63) is 77.7 Å². The zero-order valence-corrected chi connectivity index (χ0v) is 27.3. The Morgan fingerprint density at radius 3 is 2.39 bits per heavy atom. The van der Waals surface area contributed by atoms with Gasteiger partial charge in [0, 0.05) is 73.1 Å². The zero-order chi connectivity index (χ0) is 31.6. The summed E-state index contributed by atoms with van der Waals surface area (Å²) in [6.45, 7) is 11.7. The van der Waals surface area contributed by atoms with E-state index in [2.05, 4.69) is 54.1 Å². The maximum Gasteiger partial charge on any atom is 0.223 e. The molecule has 0 spiro atoms. The van der Waals surface area contributed by atoms with Gasteiger partial charge >= 0.3 is 0 Å². The van der Waals surface area contributed by atoms with E-state index >= 15 is 0 Å². The van der Waals surface area contributed by atoms with Gasteiger partial charge in [-0.05, 0) is 111 Å². The van der Waals surface area contributed by atoms with Crippen LogP contribution in [0.5, 0.6) is 11.5 Å². The molecule has 0 unspecified atom stereocenters. The molecule has 1 atom stereocenters. The topological polar surface area (TPSA) is 80.7 Å². The van der Waals surface area contributed by atoms with Crippen molar-refractivity contribution in [1.29, 1.82) is 0 Å². The third kappa shape index (κ3) is 6.79. The predicted octanol–water partition coefficient (Wildman–Crippen LogP) is 7.33. The molecule has 0 radical (unpaired) electrons. The molecule has 3 saturated heterocycles. The lowest BCUT2D eigenvalue weighted by Crippen LogP contribution is -2.43. The van der Waals surface area contributed by atoms with Crippen LogP contribution < -0.4 is 4.74 Å². The number of benzene rings is 2. The Hall–Kier alpha value is -3.88. The minimum Gasteiger partial charge on any atom is -0.457 e. The average Bonchev–Trinajstić information content (AvgIpc) is 3.41. The van der Waals surface area contributed by atoms with Crippen LogP contribution in [0.4, 0.5) is 0 Å². The number of rotatable bonds is 8. The highest BCUT2D eigenvalue weighted by atomic mass is 16.5. The fourth-order valence-electron chi connectivity index (χ4n) is 7.24. The smallest absolute Gasteiger partial charge is 0.223 e. The second-order valence-electron chi connectivity index (χ2n) is 13.8. The molecular weight excluding hydrogens is 574 g/mol. The van der Waals surface area contributed by atoms with E-state index in [0.29, 0.717) is 36.8 Å². The first-order chi connectivity index (χ1) is 22.4. The zero-order valence-electron chi connectivity index (χ0n) is 27.3. The molecule has 7 rings (SSSR count). The van der Waals surface area contributed by atoms with Crippen molar-refractivity contribution >= 4 is 16.7 Å². The lowest BCUT2D eigenvalue weighted by atomic mass is 9.90. The van der Waals surface area contributed by atoms with Crippen molar-refractivity contribution in [2.75, 3.05) is 32.8 Å². The van der Waals surface area contributed by atoms with Gasteiger partial charge in [0.2, 0.25) is 5.91 Å². The molecule has 3 aliphatic heterocycles. The van der Waals surface area contributed by atoms with E-state index in [1.54, 1.807) is 0 Å². The maximum atomic E-state index is 12.7. The Morgan fingerprint density at radius 1 is 0.935 bits per heavy atom. The summed E-state index contributed by atoms with van der Waals surface area (Å²) in [7, 11) is 0. The van der Waals surface area contributed by atoms with Crippen molar-refractivity contribution in [3.63, 3.8) is 0 Å². The summed E-state index contributed by atoms with van der Waals surface area (Å²) in [5.74, 6) is 2.89. The molecule has 1 amide bonds. The molecule has 3 aliphatic rings. The number of hydrogen-bond acceptors (Lipinski definition) is 7. The highest BCUT2D eigenvalue weighted by molar-refractivity contribution is 5.85. The second kappa shape index (κ2) is 13.5. The Morgan fingerprint density at radius 2 is 1.72 bits per heavy atom. The highest BCUT2D eigenvalue weighted by Crippen LogP contribution is 2.36. The predicted molar refractivity (Wildman–Crippen MR) is 180 cm³/mol. The fourth-order valence-corrected chi connectivity index (χ4v) is 7.24.